The number of aliphatic imine (C=N–C) groups is 1. The maximum absolute atomic E-state index is 12.0. The smallest absolute Gasteiger partial charge is 0.367 e. The van der Waals surface area contributed by atoms with Gasteiger partial charge in [0.15, 0.2) is 5.96 Å². The minimum Gasteiger partial charge on any atom is -0.367 e. The first-order valence-corrected chi connectivity index (χ1v) is 8.11. The van der Waals surface area contributed by atoms with Crippen molar-refractivity contribution in [3.63, 3.8) is 0 Å². The molecule has 0 heterocycles. The van der Waals surface area contributed by atoms with Gasteiger partial charge in [0.05, 0.1) is 6.61 Å². The number of rotatable bonds is 9. The van der Waals surface area contributed by atoms with Crippen molar-refractivity contribution in [2.75, 3.05) is 20.2 Å². The number of alkyl halides is 3. The van der Waals surface area contributed by atoms with Crippen LogP contribution in [0.25, 0.3) is 0 Å². The summed E-state index contributed by atoms with van der Waals surface area (Å²) in [5, 5.41) is 6.44. The molecule has 0 radical (unpaired) electrons. The maximum atomic E-state index is 12.0. The van der Waals surface area contributed by atoms with Crippen LogP contribution in [-0.2, 0) is 17.9 Å². The van der Waals surface area contributed by atoms with Crippen LogP contribution in [0, 0.1) is 0 Å². The standard InChI is InChI=1S/C17H26F3N3O/c1-3-4-5-10-22-16(21-2)23-11-14-6-8-15(9-7-14)12-24-13-17(18,19)20/h6-9H,3-5,10-13H2,1-2H3,(H2,21,22,23). The highest BCUT2D eigenvalue weighted by atomic mass is 19.4. The van der Waals surface area contributed by atoms with Gasteiger partial charge in [-0.1, -0.05) is 44.0 Å². The van der Waals surface area contributed by atoms with Gasteiger partial charge in [-0.25, -0.2) is 0 Å². The molecule has 0 unspecified atom stereocenters. The second kappa shape index (κ2) is 10.9. The second-order valence-corrected chi connectivity index (χ2v) is 5.48. The quantitative estimate of drug-likeness (QED) is 0.408. The lowest BCUT2D eigenvalue weighted by Gasteiger charge is -2.12. The van der Waals surface area contributed by atoms with E-state index in [9.17, 15) is 13.2 Å². The summed E-state index contributed by atoms with van der Waals surface area (Å²) in [5.41, 5.74) is 1.73. The number of hydrogen-bond acceptors (Lipinski definition) is 2. The van der Waals surface area contributed by atoms with Crippen LogP contribution in [0.3, 0.4) is 0 Å². The Hall–Kier alpha value is -1.76. The fourth-order valence-corrected chi connectivity index (χ4v) is 2.03. The Morgan fingerprint density at radius 1 is 1.08 bits per heavy atom. The van der Waals surface area contributed by atoms with Gasteiger partial charge in [0, 0.05) is 20.1 Å². The summed E-state index contributed by atoms with van der Waals surface area (Å²) < 4.78 is 40.7. The van der Waals surface area contributed by atoms with Crippen LogP contribution >= 0.6 is 0 Å². The Kier molecular flexibility index (Phi) is 9.22. The SMILES string of the molecule is CCCCCNC(=NC)NCc1ccc(COCC(F)(F)F)cc1. The normalized spacial score (nSPS) is 12.3. The molecule has 1 aromatic carbocycles. The van der Waals surface area contributed by atoms with Crippen molar-refractivity contribution >= 4 is 5.96 Å². The molecule has 0 bridgehead atoms. The fourth-order valence-electron chi connectivity index (χ4n) is 2.03. The van der Waals surface area contributed by atoms with E-state index in [2.05, 4.69) is 27.3 Å². The predicted molar refractivity (Wildman–Crippen MR) is 89.9 cm³/mol. The highest BCUT2D eigenvalue weighted by Gasteiger charge is 2.27. The van der Waals surface area contributed by atoms with Crippen molar-refractivity contribution in [2.45, 2.75) is 45.5 Å². The van der Waals surface area contributed by atoms with E-state index in [1.54, 1.807) is 19.2 Å². The summed E-state index contributed by atoms with van der Waals surface area (Å²) in [6, 6.07) is 7.27. The van der Waals surface area contributed by atoms with Crippen molar-refractivity contribution in [1.29, 1.82) is 0 Å². The third kappa shape index (κ3) is 9.39. The van der Waals surface area contributed by atoms with E-state index in [4.69, 9.17) is 0 Å². The van der Waals surface area contributed by atoms with Crippen LogP contribution in [0.4, 0.5) is 13.2 Å². The molecule has 0 fully saturated rings. The molecular weight excluding hydrogens is 319 g/mol. The molecule has 1 aromatic rings. The Balaban J connectivity index is 2.32. The molecule has 136 valence electrons. The van der Waals surface area contributed by atoms with E-state index in [1.807, 2.05) is 12.1 Å². The first-order chi connectivity index (χ1) is 11.4. The minimum atomic E-state index is -4.29. The highest BCUT2D eigenvalue weighted by molar-refractivity contribution is 5.79. The van der Waals surface area contributed by atoms with E-state index < -0.39 is 12.8 Å². The molecule has 1 rings (SSSR count). The van der Waals surface area contributed by atoms with Gasteiger partial charge in [0.2, 0.25) is 0 Å². The molecule has 0 atom stereocenters. The molecule has 24 heavy (non-hydrogen) atoms. The average Bonchev–Trinajstić information content (AvgIpc) is 2.54. The topological polar surface area (TPSA) is 45.7 Å². The van der Waals surface area contributed by atoms with Crippen LogP contribution in [0.15, 0.2) is 29.3 Å². The number of hydrogen-bond donors (Lipinski definition) is 2. The Labute approximate surface area is 141 Å². The number of ether oxygens (including phenoxy) is 1. The molecule has 7 heteroatoms. The first kappa shape index (κ1) is 20.3. The summed E-state index contributed by atoms with van der Waals surface area (Å²) >= 11 is 0. The lowest BCUT2D eigenvalue weighted by molar-refractivity contribution is -0.176. The van der Waals surface area contributed by atoms with Crippen molar-refractivity contribution in [3.8, 4) is 0 Å². The van der Waals surface area contributed by atoms with Gasteiger partial charge in [0.25, 0.3) is 0 Å². The number of unbranched alkanes of at least 4 members (excludes halogenated alkanes) is 2. The fraction of sp³-hybridized carbons (Fsp3) is 0.588. The molecule has 0 aliphatic rings. The van der Waals surface area contributed by atoms with Crippen LogP contribution < -0.4 is 10.6 Å². The lowest BCUT2D eigenvalue weighted by Crippen LogP contribution is -2.37. The zero-order chi connectivity index (χ0) is 17.8. The van der Waals surface area contributed by atoms with Crippen molar-refractivity contribution in [2.24, 2.45) is 4.99 Å². The number of nitrogens with one attached hydrogen (secondary N) is 2. The molecule has 0 spiro atoms. The zero-order valence-corrected chi connectivity index (χ0v) is 14.2. The van der Waals surface area contributed by atoms with E-state index in [1.165, 1.54) is 12.8 Å². The predicted octanol–water partition coefficient (Wildman–Crippen LogP) is 3.62. The Bertz CT molecular complexity index is 487. The van der Waals surface area contributed by atoms with Crippen LogP contribution in [0.2, 0.25) is 0 Å². The third-order valence-electron chi connectivity index (χ3n) is 3.31. The summed E-state index contributed by atoms with van der Waals surface area (Å²) in [4.78, 5) is 4.15. The summed E-state index contributed by atoms with van der Waals surface area (Å²) in [6.45, 7) is 2.36. The summed E-state index contributed by atoms with van der Waals surface area (Å²) in [5.74, 6) is 0.740. The number of nitrogens with zero attached hydrogens (tertiary/aromatic N) is 1. The number of halogens is 3. The molecule has 0 aliphatic carbocycles. The Morgan fingerprint density at radius 3 is 2.33 bits per heavy atom. The third-order valence-corrected chi connectivity index (χ3v) is 3.31. The summed E-state index contributed by atoms with van der Waals surface area (Å²) in [7, 11) is 1.72. The van der Waals surface area contributed by atoms with Crippen molar-refractivity contribution < 1.29 is 17.9 Å². The van der Waals surface area contributed by atoms with Crippen molar-refractivity contribution in [3.05, 3.63) is 35.4 Å². The van der Waals surface area contributed by atoms with E-state index in [-0.39, 0.29) is 6.61 Å². The maximum Gasteiger partial charge on any atom is 0.411 e. The van der Waals surface area contributed by atoms with Crippen LogP contribution in [0.5, 0.6) is 0 Å². The second-order valence-electron chi connectivity index (χ2n) is 5.48. The van der Waals surface area contributed by atoms with Crippen LogP contribution in [0.1, 0.15) is 37.3 Å². The Morgan fingerprint density at radius 2 is 1.75 bits per heavy atom. The number of benzene rings is 1. The van der Waals surface area contributed by atoms with E-state index >= 15 is 0 Å². The molecule has 2 N–H and O–H groups in total. The van der Waals surface area contributed by atoms with Gasteiger partial charge < -0.3 is 15.4 Å². The molecule has 0 aliphatic heterocycles. The zero-order valence-electron chi connectivity index (χ0n) is 14.2. The van der Waals surface area contributed by atoms with Gasteiger partial charge in [-0.05, 0) is 17.5 Å². The van der Waals surface area contributed by atoms with Crippen molar-refractivity contribution in [1.82, 2.24) is 10.6 Å². The largest absolute Gasteiger partial charge is 0.411 e. The molecule has 0 aromatic heterocycles. The van der Waals surface area contributed by atoms with Gasteiger partial charge in [-0.3, -0.25) is 4.99 Å². The number of guanidine groups is 1. The van der Waals surface area contributed by atoms with Gasteiger partial charge in [0.1, 0.15) is 6.61 Å². The molecule has 4 nitrogen and oxygen atoms in total. The summed E-state index contributed by atoms with van der Waals surface area (Å²) in [6.07, 6.45) is -0.831. The van der Waals surface area contributed by atoms with Gasteiger partial charge >= 0.3 is 6.18 Å². The van der Waals surface area contributed by atoms with Crippen LogP contribution in [-0.4, -0.2) is 32.3 Å². The first-order valence-electron chi connectivity index (χ1n) is 8.11. The van der Waals surface area contributed by atoms with Gasteiger partial charge in [-0.2, -0.15) is 13.2 Å². The lowest BCUT2D eigenvalue weighted by atomic mass is 10.1. The molecule has 0 saturated heterocycles. The minimum absolute atomic E-state index is 0.0477. The average molecular weight is 345 g/mol. The highest BCUT2D eigenvalue weighted by Crippen LogP contribution is 2.15. The van der Waals surface area contributed by atoms with E-state index in [0.29, 0.717) is 12.1 Å². The molecule has 0 amide bonds. The monoisotopic (exact) mass is 345 g/mol. The van der Waals surface area contributed by atoms with E-state index in [0.717, 1.165) is 24.5 Å². The molecular formula is C17H26F3N3O. The van der Waals surface area contributed by atoms with Gasteiger partial charge in [-0.15, -0.1) is 0 Å². The molecule has 0 saturated carbocycles.